The van der Waals surface area contributed by atoms with Crippen LogP contribution in [0.15, 0.2) is 30.3 Å². The topological polar surface area (TPSA) is 72.6 Å². The van der Waals surface area contributed by atoms with Crippen LogP contribution in [0.1, 0.15) is 31.4 Å². The zero-order chi connectivity index (χ0) is 15.4. The van der Waals surface area contributed by atoms with Gasteiger partial charge in [0.25, 0.3) is 0 Å². The second kappa shape index (κ2) is 6.72. The Morgan fingerprint density at radius 3 is 2.71 bits per heavy atom. The normalized spacial score (nSPS) is 21.2. The highest BCUT2D eigenvalue weighted by molar-refractivity contribution is 5.83. The molecule has 1 heterocycles. The molecule has 21 heavy (non-hydrogen) atoms. The van der Waals surface area contributed by atoms with Crippen molar-refractivity contribution in [3.05, 3.63) is 35.9 Å². The number of carbonyl (C=O) groups excluding carboxylic acids is 2. The van der Waals surface area contributed by atoms with Crippen LogP contribution in [0, 0.1) is 5.92 Å². The third-order valence-electron chi connectivity index (χ3n) is 4.14. The van der Waals surface area contributed by atoms with E-state index in [1.165, 1.54) is 7.11 Å². The number of likely N-dealkylation sites (tertiary alicyclic amines) is 1. The number of hydrogen-bond donors (Lipinski definition) is 1. The molecule has 0 aromatic heterocycles. The fourth-order valence-corrected chi connectivity index (χ4v) is 2.83. The predicted molar refractivity (Wildman–Crippen MR) is 79.3 cm³/mol. The molecule has 1 aromatic rings. The Morgan fingerprint density at radius 1 is 1.43 bits per heavy atom. The van der Waals surface area contributed by atoms with Crippen molar-refractivity contribution >= 4 is 11.9 Å². The molecule has 5 heteroatoms. The minimum Gasteiger partial charge on any atom is -0.468 e. The fourth-order valence-electron chi connectivity index (χ4n) is 2.83. The molecule has 114 valence electrons. The highest BCUT2D eigenvalue weighted by Gasteiger charge is 2.36. The number of hydrogen-bond acceptors (Lipinski definition) is 4. The highest BCUT2D eigenvalue weighted by atomic mass is 16.5. The minimum atomic E-state index is -0.726. The van der Waals surface area contributed by atoms with E-state index < -0.39 is 12.0 Å². The minimum absolute atomic E-state index is 0.0399. The van der Waals surface area contributed by atoms with Crippen LogP contribution in [-0.4, -0.2) is 36.5 Å². The number of benzene rings is 1. The largest absolute Gasteiger partial charge is 0.468 e. The Balaban J connectivity index is 2.00. The fraction of sp³-hybridized carbons (Fsp3) is 0.500. The van der Waals surface area contributed by atoms with Crippen molar-refractivity contribution in [2.75, 3.05) is 13.7 Å². The molecular weight excluding hydrogens is 268 g/mol. The number of nitrogens with zero attached hydrogens (tertiary/aromatic N) is 1. The first kappa shape index (κ1) is 15.5. The van der Waals surface area contributed by atoms with Crippen LogP contribution >= 0.6 is 0 Å². The Kier molecular flexibility index (Phi) is 4.96. The summed E-state index contributed by atoms with van der Waals surface area (Å²) in [5.74, 6) is -0.576. The van der Waals surface area contributed by atoms with Gasteiger partial charge in [0, 0.05) is 12.5 Å². The van der Waals surface area contributed by atoms with Gasteiger partial charge in [-0.1, -0.05) is 30.3 Å². The second-order valence-corrected chi connectivity index (χ2v) is 5.47. The first-order valence-corrected chi connectivity index (χ1v) is 7.23. The van der Waals surface area contributed by atoms with Crippen molar-refractivity contribution in [2.45, 2.75) is 31.8 Å². The molecule has 1 aromatic carbocycles. The maximum atomic E-state index is 12.5. The summed E-state index contributed by atoms with van der Waals surface area (Å²) < 4.78 is 4.61. The SMILES string of the molecule is COC(=O)C(N)CC1CCN(C(C)c2ccccc2)C1=O. The van der Waals surface area contributed by atoms with Crippen LogP contribution in [0.5, 0.6) is 0 Å². The lowest BCUT2D eigenvalue weighted by atomic mass is 9.99. The molecule has 0 radical (unpaired) electrons. The quantitative estimate of drug-likeness (QED) is 0.834. The van der Waals surface area contributed by atoms with Gasteiger partial charge in [0.2, 0.25) is 5.91 Å². The van der Waals surface area contributed by atoms with E-state index in [1.54, 1.807) is 0 Å². The molecule has 0 spiro atoms. The number of methoxy groups -OCH3 is 1. The van der Waals surface area contributed by atoms with E-state index in [0.29, 0.717) is 13.0 Å². The van der Waals surface area contributed by atoms with Crippen molar-refractivity contribution in [3.63, 3.8) is 0 Å². The summed E-state index contributed by atoms with van der Waals surface area (Å²) in [5.41, 5.74) is 6.87. The molecule has 2 rings (SSSR count). The molecule has 1 fully saturated rings. The number of rotatable bonds is 5. The van der Waals surface area contributed by atoms with Gasteiger partial charge >= 0.3 is 5.97 Å². The van der Waals surface area contributed by atoms with Crippen LogP contribution in [0.25, 0.3) is 0 Å². The first-order chi connectivity index (χ1) is 10.0. The van der Waals surface area contributed by atoms with Gasteiger partial charge in [-0.05, 0) is 25.3 Å². The molecule has 0 saturated carbocycles. The summed E-state index contributed by atoms with van der Waals surface area (Å²) in [6.45, 7) is 2.73. The Hall–Kier alpha value is -1.88. The van der Waals surface area contributed by atoms with E-state index in [-0.39, 0.29) is 17.9 Å². The van der Waals surface area contributed by atoms with E-state index in [1.807, 2.05) is 42.2 Å². The van der Waals surface area contributed by atoms with E-state index >= 15 is 0 Å². The average Bonchev–Trinajstić information content (AvgIpc) is 2.87. The zero-order valence-electron chi connectivity index (χ0n) is 12.5. The van der Waals surface area contributed by atoms with Crippen LogP contribution in [0.4, 0.5) is 0 Å². The van der Waals surface area contributed by atoms with Gasteiger partial charge in [-0.3, -0.25) is 9.59 Å². The van der Waals surface area contributed by atoms with Gasteiger partial charge in [-0.2, -0.15) is 0 Å². The number of nitrogens with two attached hydrogens (primary N) is 1. The molecule has 0 bridgehead atoms. The highest BCUT2D eigenvalue weighted by Crippen LogP contribution is 2.30. The monoisotopic (exact) mass is 290 g/mol. The molecule has 0 aliphatic carbocycles. The lowest BCUT2D eigenvalue weighted by Gasteiger charge is -2.25. The van der Waals surface area contributed by atoms with Crippen molar-refractivity contribution in [1.82, 2.24) is 4.90 Å². The summed E-state index contributed by atoms with van der Waals surface area (Å²) in [7, 11) is 1.31. The van der Waals surface area contributed by atoms with Gasteiger partial charge in [0.15, 0.2) is 0 Å². The molecule has 5 nitrogen and oxygen atoms in total. The average molecular weight is 290 g/mol. The van der Waals surface area contributed by atoms with Crippen LogP contribution in [0.3, 0.4) is 0 Å². The smallest absolute Gasteiger partial charge is 0.322 e. The molecule has 2 N–H and O–H groups in total. The number of ether oxygens (including phenoxy) is 1. The first-order valence-electron chi connectivity index (χ1n) is 7.23. The van der Waals surface area contributed by atoms with Crippen LogP contribution in [0.2, 0.25) is 0 Å². The lowest BCUT2D eigenvalue weighted by Crippen LogP contribution is -2.36. The van der Waals surface area contributed by atoms with Gasteiger partial charge < -0.3 is 15.4 Å². The van der Waals surface area contributed by atoms with Gasteiger partial charge in [-0.25, -0.2) is 0 Å². The summed E-state index contributed by atoms with van der Waals surface area (Å²) in [6.07, 6.45) is 1.09. The standard InChI is InChI=1S/C16H22N2O3/c1-11(12-6-4-3-5-7-12)18-9-8-13(15(18)19)10-14(17)16(20)21-2/h3-7,11,13-14H,8-10,17H2,1-2H3. The summed E-state index contributed by atoms with van der Waals surface area (Å²) in [6, 6.07) is 9.25. The van der Waals surface area contributed by atoms with Crippen LogP contribution in [-0.2, 0) is 14.3 Å². The lowest BCUT2D eigenvalue weighted by molar-refractivity contribution is -0.143. The van der Waals surface area contributed by atoms with Crippen molar-refractivity contribution < 1.29 is 14.3 Å². The van der Waals surface area contributed by atoms with E-state index in [0.717, 1.165) is 12.0 Å². The Morgan fingerprint density at radius 2 is 2.10 bits per heavy atom. The number of esters is 1. The Bertz CT molecular complexity index is 504. The van der Waals surface area contributed by atoms with Gasteiger partial charge in [0.05, 0.1) is 13.2 Å². The van der Waals surface area contributed by atoms with E-state index in [9.17, 15) is 9.59 Å². The summed E-state index contributed by atoms with van der Waals surface area (Å²) >= 11 is 0. The summed E-state index contributed by atoms with van der Waals surface area (Å²) in [4.78, 5) is 25.7. The van der Waals surface area contributed by atoms with Gasteiger partial charge in [-0.15, -0.1) is 0 Å². The molecule has 3 atom stereocenters. The molecule has 3 unspecified atom stereocenters. The van der Waals surface area contributed by atoms with E-state index in [2.05, 4.69) is 4.74 Å². The maximum Gasteiger partial charge on any atom is 0.322 e. The zero-order valence-corrected chi connectivity index (χ0v) is 12.5. The number of amides is 1. The molecule has 1 aliphatic rings. The number of carbonyl (C=O) groups is 2. The molecular formula is C16H22N2O3. The van der Waals surface area contributed by atoms with Crippen molar-refractivity contribution in [1.29, 1.82) is 0 Å². The molecule has 1 saturated heterocycles. The van der Waals surface area contributed by atoms with Crippen LogP contribution < -0.4 is 5.73 Å². The van der Waals surface area contributed by atoms with Crippen molar-refractivity contribution in [3.8, 4) is 0 Å². The predicted octanol–water partition coefficient (Wildman–Crippen LogP) is 1.49. The maximum absolute atomic E-state index is 12.5. The third kappa shape index (κ3) is 3.42. The van der Waals surface area contributed by atoms with Gasteiger partial charge in [0.1, 0.15) is 6.04 Å². The second-order valence-electron chi connectivity index (χ2n) is 5.47. The molecule has 1 aliphatic heterocycles. The summed E-state index contributed by atoms with van der Waals surface area (Å²) in [5, 5.41) is 0. The molecule has 1 amide bonds. The third-order valence-corrected chi connectivity index (χ3v) is 4.14. The Labute approximate surface area is 125 Å². The van der Waals surface area contributed by atoms with E-state index in [4.69, 9.17) is 5.73 Å². The van der Waals surface area contributed by atoms with Crippen molar-refractivity contribution in [2.24, 2.45) is 11.7 Å².